The molecule has 0 saturated heterocycles. The average molecular weight is 320 g/mol. The van der Waals surface area contributed by atoms with E-state index in [1.165, 1.54) is 17.2 Å². The van der Waals surface area contributed by atoms with E-state index in [0.29, 0.717) is 11.6 Å². The highest BCUT2D eigenvalue weighted by atomic mass is 16.3. The van der Waals surface area contributed by atoms with Crippen molar-refractivity contribution in [2.75, 3.05) is 6.54 Å². The number of phenolic OH excluding ortho intramolecular Hbond substituents is 1. The maximum absolute atomic E-state index is 11.5. The number of fused-ring (bicyclic) bond motifs is 2. The number of aromatic hydroxyl groups is 1. The third-order valence-electron chi connectivity index (χ3n) is 4.84. The van der Waals surface area contributed by atoms with Crippen molar-refractivity contribution in [2.45, 2.75) is 25.3 Å². The summed E-state index contributed by atoms with van der Waals surface area (Å²) in [6, 6.07) is 16.0. The number of hydrogen-bond donors (Lipinski definition) is 3. The molecule has 2 aromatic carbocycles. The van der Waals surface area contributed by atoms with Crippen molar-refractivity contribution in [2.24, 2.45) is 0 Å². The van der Waals surface area contributed by atoms with E-state index in [1.54, 1.807) is 12.1 Å². The van der Waals surface area contributed by atoms with Crippen molar-refractivity contribution >= 4 is 10.9 Å². The fraction of sp³-hybridized carbons (Fsp3) is 0.250. The largest absolute Gasteiger partial charge is 0.506 e. The molecule has 0 spiro atoms. The zero-order chi connectivity index (χ0) is 16.5. The van der Waals surface area contributed by atoms with Gasteiger partial charge in [0.2, 0.25) is 5.56 Å². The molecule has 1 aliphatic carbocycles. The first-order chi connectivity index (χ1) is 11.7. The van der Waals surface area contributed by atoms with Gasteiger partial charge in [0, 0.05) is 17.5 Å². The highest BCUT2D eigenvalue weighted by molar-refractivity contribution is 5.87. The summed E-state index contributed by atoms with van der Waals surface area (Å²) in [6.07, 6.45) is 3.02. The van der Waals surface area contributed by atoms with Crippen LogP contribution in [-0.4, -0.2) is 22.7 Å². The number of nitrogens with one attached hydrogen (secondary N) is 2. The normalized spacial score (nSPS) is 14.2. The number of rotatable bonds is 4. The van der Waals surface area contributed by atoms with Crippen LogP contribution in [0.2, 0.25) is 0 Å². The molecule has 3 N–H and O–H groups in total. The molecule has 0 radical (unpaired) electrons. The molecule has 3 aromatic rings. The van der Waals surface area contributed by atoms with E-state index < -0.39 is 0 Å². The minimum Gasteiger partial charge on any atom is -0.506 e. The van der Waals surface area contributed by atoms with Crippen LogP contribution in [0.25, 0.3) is 10.9 Å². The van der Waals surface area contributed by atoms with Gasteiger partial charge in [0.15, 0.2) is 0 Å². The van der Waals surface area contributed by atoms with Crippen LogP contribution >= 0.6 is 0 Å². The maximum Gasteiger partial charge on any atom is 0.248 e. The van der Waals surface area contributed by atoms with Crippen molar-refractivity contribution in [1.29, 1.82) is 0 Å². The summed E-state index contributed by atoms with van der Waals surface area (Å²) < 4.78 is 0. The van der Waals surface area contributed by atoms with Gasteiger partial charge in [-0.2, -0.15) is 0 Å². The molecular weight excluding hydrogens is 300 g/mol. The smallest absolute Gasteiger partial charge is 0.248 e. The van der Waals surface area contributed by atoms with Gasteiger partial charge in [0.05, 0.1) is 5.52 Å². The predicted octanol–water partition coefficient (Wildman–Crippen LogP) is 2.53. The fourth-order valence-electron chi connectivity index (χ4n) is 3.63. The number of aromatic amines is 1. The van der Waals surface area contributed by atoms with E-state index in [2.05, 4.69) is 34.6 Å². The lowest BCUT2D eigenvalue weighted by Gasteiger charge is -2.13. The van der Waals surface area contributed by atoms with Crippen molar-refractivity contribution in [3.63, 3.8) is 0 Å². The fourth-order valence-corrected chi connectivity index (χ4v) is 3.63. The molecule has 0 atom stereocenters. The first kappa shape index (κ1) is 15.0. The summed E-state index contributed by atoms with van der Waals surface area (Å²) in [7, 11) is 0. The van der Waals surface area contributed by atoms with Gasteiger partial charge < -0.3 is 15.4 Å². The second-order valence-corrected chi connectivity index (χ2v) is 6.43. The lowest BCUT2D eigenvalue weighted by atomic mass is 10.0. The SMILES string of the molecule is O=c1ccc2c(CCNC3Cc4ccccc4C3)ccc(O)c2[nH]1. The van der Waals surface area contributed by atoms with Crippen LogP contribution in [0.5, 0.6) is 5.75 Å². The summed E-state index contributed by atoms with van der Waals surface area (Å²) in [5.41, 5.74) is 4.34. The number of aromatic nitrogens is 1. The van der Waals surface area contributed by atoms with Gasteiger partial charge in [-0.15, -0.1) is 0 Å². The Morgan fingerprint density at radius 1 is 1.04 bits per heavy atom. The van der Waals surface area contributed by atoms with Crippen LogP contribution in [-0.2, 0) is 19.3 Å². The Kier molecular flexibility index (Phi) is 3.82. The number of H-pyrrole nitrogens is 1. The first-order valence-corrected chi connectivity index (χ1v) is 8.35. The number of phenols is 1. The molecule has 0 saturated carbocycles. The zero-order valence-electron chi connectivity index (χ0n) is 13.4. The van der Waals surface area contributed by atoms with Crippen molar-refractivity contribution in [3.05, 3.63) is 75.6 Å². The van der Waals surface area contributed by atoms with Crippen LogP contribution in [0, 0.1) is 0 Å². The molecule has 0 fully saturated rings. The highest BCUT2D eigenvalue weighted by Crippen LogP contribution is 2.25. The summed E-state index contributed by atoms with van der Waals surface area (Å²) in [4.78, 5) is 14.2. The van der Waals surface area contributed by atoms with E-state index >= 15 is 0 Å². The third kappa shape index (κ3) is 2.81. The predicted molar refractivity (Wildman–Crippen MR) is 95.6 cm³/mol. The topological polar surface area (TPSA) is 65.1 Å². The van der Waals surface area contributed by atoms with Crippen LogP contribution in [0.15, 0.2) is 53.3 Å². The minimum atomic E-state index is -0.197. The quantitative estimate of drug-likeness (QED) is 0.692. The van der Waals surface area contributed by atoms with Crippen molar-refractivity contribution < 1.29 is 5.11 Å². The van der Waals surface area contributed by atoms with Crippen LogP contribution in [0.3, 0.4) is 0 Å². The van der Waals surface area contributed by atoms with E-state index in [9.17, 15) is 9.90 Å². The molecule has 4 rings (SSSR count). The Hall–Kier alpha value is -2.59. The lowest BCUT2D eigenvalue weighted by Crippen LogP contribution is -2.31. The third-order valence-corrected chi connectivity index (χ3v) is 4.84. The summed E-state index contributed by atoms with van der Waals surface area (Å²) in [5.74, 6) is 0.116. The standard InChI is InChI=1S/C20H20N2O2/c23-18-7-5-13(17-6-8-19(24)22-20(17)18)9-10-21-16-11-14-3-1-2-4-15(14)12-16/h1-8,16,21,23H,9-12H2,(H,22,24). The number of benzene rings is 2. The second-order valence-electron chi connectivity index (χ2n) is 6.43. The molecule has 1 heterocycles. The average Bonchev–Trinajstić information content (AvgIpc) is 3.00. The summed E-state index contributed by atoms with van der Waals surface area (Å²) in [6.45, 7) is 0.873. The maximum atomic E-state index is 11.5. The molecule has 24 heavy (non-hydrogen) atoms. The van der Waals surface area contributed by atoms with Gasteiger partial charge in [-0.25, -0.2) is 0 Å². The lowest BCUT2D eigenvalue weighted by molar-refractivity contribution is 0.480. The molecular formula is C20H20N2O2. The van der Waals surface area contributed by atoms with Crippen molar-refractivity contribution in [3.8, 4) is 5.75 Å². The number of pyridine rings is 1. The Balaban J connectivity index is 1.45. The summed E-state index contributed by atoms with van der Waals surface area (Å²) in [5, 5.41) is 14.5. The molecule has 4 heteroatoms. The van der Waals surface area contributed by atoms with Gasteiger partial charge >= 0.3 is 0 Å². The van der Waals surface area contributed by atoms with E-state index in [-0.39, 0.29) is 11.3 Å². The Bertz CT molecular complexity index is 921. The van der Waals surface area contributed by atoms with Gasteiger partial charge in [-0.3, -0.25) is 4.79 Å². The molecule has 1 aliphatic rings. The molecule has 0 aliphatic heterocycles. The van der Waals surface area contributed by atoms with Gasteiger partial charge in [-0.05, 0) is 54.6 Å². The van der Waals surface area contributed by atoms with Crippen LogP contribution < -0.4 is 10.9 Å². The van der Waals surface area contributed by atoms with Gasteiger partial charge in [0.25, 0.3) is 0 Å². The minimum absolute atomic E-state index is 0.116. The molecule has 4 nitrogen and oxygen atoms in total. The molecule has 0 unspecified atom stereocenters. The van der Waals surface area contributed by atoms with E-state index in [0.717, 1.165) is 36.8 Å². The Morgan fingerprint density at radius 2 is 1.79 bits per heavy atom. The molecule has 1 aromatic heterocycles. The molecule has 122 valence electrons. The van der Waals surface area contributed by atoms with E-state index in [4.69, 9.17) is 0 Å². The zero-order valence-corrected chi connectivity index (χ0v) is 13.4. The molecule has 0 amide bonds. The monoisotopic (exact) mass is 320 g/mol. The Morgan fingerprint density at radius 3 is 2.54 bits per heavy atom. The number of hydrogen-bond acceptors (Lipinski definition) is 3. The van der Waals surface area contributed by atoms with Gasteiger partial charge in [0.1, 0.15) is 5.75 Å². The summed E-state index contributed by atoms with van der Waals surface area (Å²) >= 11 is 0. The van der Waals surface area contributed by atoms with Gasteiger partial charge in [-0.1, -0.05) is 30.3 Å². The first-order valence-electron chi connectivity index (χ1n) is 8.35. The van der Waals surface area contributed by atoms with Crippen molar-refractivity contribution in [1.82, 2.24) is 10.3 Å². The van der Waals surface area contributed by atoms with Crippen LogP contribution in [0.1, 0.15) is 16.7 Å². The van der Waals surface area contributed by atoms with E-state index in [1.807, 2.05) is 6.07 Å². The van der Waals surface area contributed by atoms with Crippen LogP contribution in [0.4, 0.5) is 0 Å². The second kappa shape index (κ2) is 6.13. The Labute approximate surface area is 140 Å². The molecule has 0 bridgehead atoms. The highest BCUT2D eigenvalue weighted by Gasteiger charge is 2.20.